The molecule has 0 saturated heterocycles. The zero-order valence-corrected chi connectivity index (χ0v) is 8.13. The highest BCUT2D eigenvalue weighted by Gasteiger charge is 1.95. The van der Waals surface area contributed by atoms with Gasteiger partial charge in [0.15, 0.2) is 0 Å². The fraction of sp³-hybridized carbons (Fsp3) is 0.875. The number of rotatable bonds is 4. The SMILES string of the molecule is CC(=O)CC(C)C.NNCCO. The number of carbonyl (C=O) groups excluding carboxylic acids is 1. The smallest absolute Gasteiger partial charge is 0.130 e. The summed E-state index contributed by atoms with van der Waals surface area (Å²) in [5.41, 5.74) is 2.27. The van der Waals surface area contributed by atoms with E-state index in [9.17, 15) is 4.79 Å². The van der Waals surface area contributed by atoms with Crippen LogP contribution in [0.3, 0.4) is 0 Å². The second kappa shape index (κ2) is 10.6. The lowest BCUT2D eigenvalue weighted by atomic mass is 10.1. The summed E-state index contributed by atoms with van der Waals surface area (Å²) in [5.74, 6) is 5.54. The number of carbonyl (C=O) groups is 1. The number of hydrogen-bond acceptors (Lipinski definition) is 4. The van der Waals surface area contributed by atoms with E-state index in [1.54, 1.807) is 6.92 Å². The number of hydrazine groups is 1. The highest BCUT2D eigenvalue weighted by Crippen LogP contribution is 1.97. The molecule has 0 aromatic carbocycles. The van der Waals surface area contributed by atoms with Gasteiger partial charge in [0.05, 0.1) is 6.61 Å². The summed E-state index contributed by atoms with van der Waals surface area (Å²) in [6.45, 7) is 6.29. The summed E-state index contributed by atoms with van der Waals surface area (Å²) in [7, 11) is 0. The summed E-state index contributed by atoms with van der Waals surface area (Å²) < 4.78 is 0. The molecule has 0 rings (SSSR count). The van der Waals surface area contributed by atoms with Crippen molar-refractivity contribution in [3.63, 3.8) is 0 Å². The lowest BCUT2D eigenvalue weighted by molar-refractivity contribution is -0.117. The van der Waals surface area contributed by atoms with Gasteiger partial charge in [-0.3, -0.25) is 11.3 Å². The van der Waals surface area contributed by atoms with Crippen molar-refractivity contribution in [2.45, 2.75) is 27.2 Å². The normalized spacial score (nSPS) is 9.17. The van der Waals surface area contributed by atoms with Gasteiger partial charge in [-0.25, -0.2) is 0 Å². The molecule has 0 spiro atoms. The molecule has 4 heteroatoms. The Labute approximate surface area is 74.1 Å². The Morgan fingerprint density at radius 3 is 2.08 bits per heavy atom. The molecule has 4 N–H and O–H groups in total. The first kappa shape index (κ1) is 14.1. The van der Waals surface area contributed by atoms with Crippen molar-refractivity contribution in [3.8, 4) is 0 Å². The number of nitrogens with two attached hydrogens (primary N) is 1. The Morgan fingerprint density at radius 2 is 2.08 bits per heavy atom. The Morgan fingerprint density at radius 1 is 1.58 bits per heavy atom. The predicted octanol–water partition coefficient (Wildman–Crippen LogP) is 0.0635. The van der Waals surface area contributed by atoms with Gasteiger partial charge in [0.1, 0.15) is 5.78 Å². The predicted molar refractivity (Wildman–Crippen MR) is 49.4 cm³/mol. The van der Waals surface area contributed by atoms with Gasteiger partial charge in [0.2, 0.25) is 0 Å². The molecule has 74 valence electrons. The molecule has 12 heavy (non-hydrogen) atoms. The van der Waals surface area contributed by atoms with Gasteiger partial charge >= 0.3 is 0 Å². The van der Waals surface area contributed by atoms with Crippen LogP contribution in [0, 0.1) is 5.92 Å². The molecule has 4 nitrogen and oxygen atoms in total. The quantitative estimate of drug-likeness (QED) is 0.418. The highest BCUT2D eigenvalue weighted by molar-refractivity contribution is 5.75. The van der Waals surface area contributed by atoms with E-state index in [4.69, 9.17) is 10.9 Å². The summed E-state index contributed by atoms with van der Waals surface area (Å²) in [6, 6.07) is 0. The van der Waals surface area contributed by atoms with Crippen molar-refractivity contribution in [1.82, 2.24) is 5.43 Å². The van der Waals surface area contributed by atoms with Gasteiger partial charge in [0, 0.05) is 13.0 Å². The molecule has 0 radical (unpaired) electrons. The van der Waals surface area contributed by atoms with Gasteiger partial charge in [-0.15, -0.1) is 0 Å². The molecule has 0 aromatic rings. The molecule has 0 unspecified atom stereocenters. The van der Waals surface area contributed by atoms with Gasteiger partial charge in [-0.05, 0) is 12.8 Å². The molecule has 0 heterocycles. The third-order valence-electron chi connectivity index (χ3n) is 0.952. The molecule has 0 atom stereocenters. The number of hydrogen-bond donors (Lipinski definition) is 3. The van der Waals surface area contributed by atoms with Crippen LogP contribution in [0.25, 0.3) is 0 Å². The fourth-order valence-electron chi connectivity index (χ4n) is 0.639. The van der Waals surface area contributed by atoms with Crippen LogP contribution in [0.4, 0.5) is 0 Å². The first-order valence-electron chi connectivity index (χ1n) is 4.08. The molecule has 0 aliphatic carbocycles. The molecule has 0 fully saturated rings. The van der Waals surface area contributed by atoms with Crippen LogP contribution in [-0.2, 0) is 4.79 Å². The van der Waals surface area contributed by atoms with Crippen molar-refractivity contribution in [2.24, 2.45) is 11.8 Å². The average Bonchev–Trinajstić information content (AvgIpc) is 1.87. The van der Waals surface area contributed by atoms with Crippen molar-refractivity contribution < 1.29 is 9.90 Å². The second-order valence-electron chi connectivity index (χ2n) is 2.98. The third-order valence-corrected chi connectivity index (χ3v) is 0.952. The highest BCUT2D eigenvalue weighted by atomic mass is 16.3. The van der Waals surface area contributed by atoms with Crippen LogP contribution in [0.1, 0.15) is 27.2 Å². The summed E-state index contributed by atoms with van der Waals surface area (Å²) in [4.78, 5) is 10.3. The van der Waals surface area contributed by atoms with Crippen LogP contribution in [0.5, 0.6) is 0 Å². The van der Waals surface area contributed by atoms with Crippen LogP contribution in [0.15, 0.2) is 0 Å². The zero-order chi connectivity index (χ0) is 9.98. The number of aliphatic hydroxyl groups excluding tert-OH is 1. The topological polar surface area (TPSA) is 75.4 Å². The van der Waals surface area contributed by atoms with Crippen LogP contribution >= 0.6 is 0 Å². The number of Topliss-reactive ketones (excluding diaryl/α,β-unsaturated/α-hetero) is 1. The maximum Gasteiger partial charge on any atom is 0.130 e. The third kappa shape index (κ3) is 22.7. The van der Waals surface area contributed by atoms with E-state index in [1.165, 1.54) is 0 Å². The van der Waals surface area contributed by atoms with Crippen LogP contribution in [-0.4, -0.2) is 24.0 Å². The first-order valence-corrected chi connectivity index (χ1v) is 4.08. The minimum Gasteiger partial charge on any atom is -0.395 e. The summed E-state index contributed by atoms with van der Waals surface area (Å²) in [5, 5.41) is 7.92. The molecule has 0 saturated carbocycles. The van der Waals surface area contributed by atoms with Crippen molar-refractivity contribution in [3.05, 3.63) is 0 Å². The van der Waals surface area contributed by atoms with E-state index < -0.39 is 0 Å². The Hall–Kier alpha value is -0.450. The lowest BCUT2D eigenvalue weighted by Gasteiger charge is -1.95. The monoisotopic (exact) mass is 176 g/mol. The standard InChI is InChI=1S/C6H12O.C2H8N2O/c1-5(2)4-6(3)7;3-4-1-2-5/h5H,4H2,1-3H3;4-5H,1-3H2. The largest absolute Gasteiger partial charge is 0.395 e. The zero-order valence-electron chi connectivity index (χ0n) is 8.13. The van der Waals surface area contributed by atoms with Crippen molar-refractivity contribution >= 4 is 5.78 Å². The average molecular weight is 176 g/mol. The van der Waals surface area contributed by atoms with E-state index in [1.807, 2.05) is 13.8 Å². The molecule has 0 aromatic heterocycles. The van der Waals surface area contributed by atoms with Crippen molar-refractivity contribution in [2.75, 3.05) is 13.2 Å². The summed E-state index contributed by atoms with van der Waals surface area (Å²) >= 11 is 0. The number of aliphatic hydroxyl groups is 1. The lowest BCUT2D eigenvalue weighted by Crippen LogP contribution is -2.24. The minimum atomic E-state index is 0.108. The molecular weight excluding hydrogens is 156 g/mol. The van der Waals surface area contributed by atoms with E-state index >= 15 is 0 Å². The molecular formula is C8H20N2O2. The molecule has 0 aliphatic heterocycles. The first-order chi connectivity index (χ1) is 5.54. The number of ketones is 1. The van der Waals surface area contributed by atoms with E-state index in [0.29, 0.717) is 12.5 Å². The fourth-order valence-corrected chi connectivity index (χ4v) is 0.639. The van der Waals surface area contributed by atoms with Crippen LogP contribution in [0.2, 0.25) is 0 Å². The second-order valence-corrected chi connectivity index (χ2v) is 2.98. The maximum absolute atomic E-state index is 10.3. The van der Waals surface area contributed by atoms with Gasteiger partial charge < -0.3 is 9.90 Å². The van der Waals surface area contributed by atoms with E-state index in [-0.39, 0.29) is 12.4 Å². The van der Waals surface area contributed by atoms with Gasteiger partial charge in [-0.2, -0.15) is 0 Å². The molecule has 0 aliphatic rings. The van der Waals surface area contributed by atoms with E-state index in [2.05, 4.69) is 5.43 Å². The summed E-state index contributed by atoms with van der Waals surface area (Å²) in [6.07, 6.45) is 0.722. The Balaban J connectivity index is 0. The van der Waals surface area contributed by atoms with E-state index in [0.717, 1.165) is 6.42 Å². The Bertz CT molecular complexity index is 103. The van der Waals surface area contributed by atoms with Gasteiger partial charge in [0.25, 0.3) is 0 Å². The van der Waals surface area contributed by atoms with Crippen molar-refractivity contribution in [1.29, 1.82) is 0 Å². The maximum atomic E-state index is 10.3. The minimum absolute atomic E-state index is 0.108. The van der Waals surface area contributed by atoms with Crippen LogP contribution < -0.4 is 11.3 Å². The molecule has 0 amide bonds. The van der Waals surface area contributed by atoms with Gasteiger partial charge in [-0.1, -0.05) is 13.8 Å². The number of nitrogens with one attached hydrogen (secondary N) is 1. The Kier molecular flexibility index (Phi) is 12.4. The molecule has 0 bridgehead atoms.